The van der Waals surface area contributed by atoms with Crippen molar-refractivity contribution in [2.45, 2.75) is 103 Å². The van der Waals surface area contributed by atoms with Crippen molar-refractivity contribution in [3.05, 3.63) is 0 Å². The van der Waals surface area contributed by atoms with Crippen LogP contribution in [0.25, 0.3) is 0 Å². The first-order valence-corrected chi connectivity index (χ1v) is 21.9. The van der Waals surface area contributed by atoms with E-state index in [4.69, 9.17) is 52.2 Å². The molecule has 0 bridgehead atoms. The van der Waals surface area contributed by atoms with Crippen LogP contribution in [0.2, 0.25) is 0 Å². The quantitative estimate of drug-likeness (QED) is 0.0406. The van der Waals surface area contributed by atoms with Crippen LogP contribution in [0.15, 0.2) is 0 Å². The molecule has 1 saturated carbocycles. The Bertz CT molecular complexity index is 1270. The van der Waals surface area contributed by atoms with E-state index in [-0.39, 0.29) is 129 Å². The Hall–Kier alpha value is -3.53. The van der Waals surface area contributed by atoms with E-state index < -0.39 is 30.8 Å². The minimum absolute atomic E-state index is 0. The third kappa shape index (κ3) is 28.1. The average molecular weight is 870 g/mol. The van der Waals surface area contributed by atoms with E-state index in [0.717, 1.165) is 0 Å². The van der Waals surface area contributed by atoms with Gasteiger partial charge < -0.3 is 63.7 Å². The van der Waals surface area contributed by atoms with Crippen molar-refractivity contribution in [3.63, 3.8) is 0 Å². The van der Waals surface area contributed by atoms with Gasteiger partial charge in [0, 0.05) is 56.0 Å². The van der Waals surface area contributed by atoms with Crippen molar-refractivity contribution in [3.8, 4) is 37.0 Å². The van der Waals surface area contributed by atoms with Gasteiger partial charge in [0.15, 0.2) is 0 Å². The van der Waals surface area contributed by atoms with Gasteiger partial charge in [-0.25, -0.2) is 0 Å². The molecule has 1 rings (SSSR count). The van der Waals surface area contributed by atoms with Gasteiger partial charge in [0.2, 0.25) is 23.6 Å². The highest BCUT2D eigenvalue weighted by Crippen LogP contribution is 2.46. The largest absolute Gasteiger partial charge is 0.778 e. The Labute approximate surface area is 358 Å². The van der Waals surface area contributed by atoms with E-state index in [2.05, 4.69) is 39.0 Å². The molecule has 1 aliphatic carbocycles. The molecule has 0 aliphatic heterocycles. The number of rotatable bonds is 35. The summed E-state index contributed by atoms with van der Waals surface area (Å²) in [6.45, 7) is 6.91. The topological polar surface area (TPSA) is 221 Å². The smallest absolute Gasteiger partial charge is 0.223 e. The van der Waals surface area contributed by atoms with Crippen molar-refractivity contribution in [2.24, 2.45) is 5.92 Å². The second-order valence-electron chi connectivity index (χ2n) is 14.1. The SMILES string of the molecule is C.C#CCOCCOCCNC(=O)CCC(CCC(=O)NCCOCCOCC#C)(CCC(=O)NCCOCCOCC#C)NC(=O)C1CCC(OP(=O)([O-])C(C)C)CC1. The summed E-state index contributed by atoms with van der Waals surface area (Å²) in [5, 5.41) is 11.6. The summed E-state index contributed by atoms with van der Waals surface area (Å²) >= 11 is 0. The molecule has 0 aromatic carbocycles. The lowest BCUT2D eigenvalue weighted by molar-refractivity contribution is -0.205. The molecule has 0 aromatic rings. The van der Waals surface area contributed by atoms with Crippen LogP contribution in [0.4, 0.5) is 0 Å². The van der Waals surface area contributed by atoms with Gasteiger partial charge in [-0.2, -0.15) is 0 Å². The van der Waals surface area contributed by atoms with Crippen LogP contribution in [0, 0.1) is 42.9 Å². The summed E-state index contributed by atoms with van der Waals surface area (Å²) in [6, 6.07) is 0. The van der Waals surface area contributed by atoms with Crippen LogP contribution in [-0.4, -0.2) is 140 Å². The minimum atomic E-state index is -4.04. The molecule has 4 amide bonds. The first-order valence-electron chi connectivity index (χ1n) is 20.3. The summed E-state index contributed by atoms with van der Waals surface area (Å²) in [6.07, 6.45) is 16.8. The highest BCUT2D eigenvalue weighted by Gasteiger charge is 2.37. The number of nitrogens with one attached hydrogen (secondary N) is 4. The summed E-state index contributed by atoms with van der Waals surface area (Å²) in [7, 11) is -4.04. The molecule has 342 valence electrons. The molecule has 0 heterocycles. The molecular weight excluding hydrogens is 799 g/mol. The lowest BCUT2D eigenvalue weighted by atomic mass is 9.81. The molecule has 1 unspecified atom stereocenters. The van der Waals surface area contributed by atoms with Crippen molar-refractivity contribution in [1.29, 1.82) is 0 Å². The lowest BCUT2D eigenvalue weighted by Crippen LogP contribution is -2.52. The molecular formula is C42H70N4O13P-. The molecule has 4 N–H and O–H groups in total. The first-order chi connectivity index (χ1) is 28.4. The van der Waals surface area contributed by atoms with Crippen LogP contribution in [-0.2, 0) is 56.7 Å². The van der Waals surface area contributed by atoms with Gasteiger partial charge in [0.05, 0.1) is 65.6 Å². The molecule has 1 atom stereocenters. The predicted octanol–water partition coefficient (Wildman–Crippen LogP) is 1.70. The molecule has 0 spiro atoms. The van der Waals surface area contributed by atoms with E-state index in [1.54, 1.807) is 13.8 Å². The maximum Gasteiger partial charge on any atom is 0.223 e. The zero-order valence-electron chi connectivity index (χ0n) is 34.9. The molecule has 17 nitrogen and oxygen atoms in total. The van der Waals surface area contributed by atoms with Crippen LogP contribution in [0.3, 0.4) is 0 Å². The number of hydrogen-bond acceptors (Lipinski definition) is 13. The third-order valence-corrected chi connectivity index (χ3v) is 11.1. The Morgan fingerprint density at radius 1 is 0.633 bits per heavy atom. The van der Waals surface area contributed by atoms with Gasteiger partial charge in [-0.05, 0) is 44.9 Å². The summed E-state index contributed by atoms with van der Waals surface area (Å²) in [5.74, 6) is 5.41. The zero-order valence-corrected chi connectivity index (χ0v) is 35.8. The Morgan fingerprint density at radius 3 is 1.32 bits per heavy atom. The summed E-state index contributed by atoms with van der Waals surface area (Å²) < 4.78 is 49.8. The number of carbonyl (C=O) groups is 4. The second kappa shape index (κ2) is 35.1. The van der Waals surface area contributed by atoms with Crippen LogP contribution >= 0.6 is 7.60 Å². The Kier molecular flexibility index (Phi) is 33.0. The number of amides is 4. The van der Waals surface area contributed by atoms with Gasteiger partial charge in [-0.15, -0.1) is 19.3 Å². The normalized spacial score (nSPS) is 15.9. The van der Waals surface area contributed by atoms with Crippen LogP contribution in [0.5, 0.6) is 0 Å². The van der Waals surface area contributed by atoms with Crippen molar-refractivity contribution < 1.29 is 61.6 Å². The third-order valence-electron chi connectivity index (χ3n) is 9.23. The molecule has 18 heteroatoms. The fraction of sp³-hybridized carbons (Fsp3) is 0.762. The van der Waals surface area contributed by atoms with Crippen molar-refractivity contribution in [1.82, 2.24) is 21.3 Å². The number of hydrogen-bond donors (Lipinski definition) is 4. The van der Waals surface area contributed by atoms with E-state index >= 15 is 0 Å². The Morgan fingerprint density at radius 2 is 0.983 bits per heavy atom. The van der Waals surface area contributed by atoms with Crippen molar-refractivity contribution in [2.75, 3.05) is 98.9 Å². The molecule has 0 radical (unpaired) electrons. The monoisotopic (exact) mass is 869 g/mol. The fourth-order valence-corrected chi connectivity index (χ4v) is 6.72. The van der Waals surface area contributed by atoms with E-state index in [1.165, 1.54) is 0 Å². The molecule has 1 aliphatic rings. The van der Waals surface area contributed by atoms with Gasteiger partial charge in [-0.3, -0.25) is 19.2 Å². The molecule has 0 saturated heterocycles. The van der Waals surface area contributed by atoms with E-state index in [9.17, 15) is 28.6 Å². The summed E-state index contributed by atoms with van der Waals surface area (Å²) in [4.78, 5) is 65.6. The maximum atomic E-state index is 14.0. The van der Waals surface area contributed by atoms with Gasteiger partial charge in [0.1, 0.15) is 27.4 Å². The maximum absolute atomic E-state index is 14.0. The minimum Gasteiger partial charge on any atom is -0.778 e. The highest BCUT2D eigenvalue weighted by molar-refractivity contribution is 7.52. The van der Waals surface area contributed by atoms with Gasteiger partial charge in [0.25, 0.3) is 0 Å². The zero-order chi connectivity index (χ0) is 43.6. The average Bonchev–Trinajstić information content (AvgIpc) is 3.21. The molecule has 0 aromatic heterocycles. The number of ether oxygens (including phenoxy) is 6. The van der Waals surface area contributed by atoms with Crippen molar-refractivity contribution >= 4 is 31.2 Å². The fourth-order valence-electron chi connectivity index (χ4n) is 5.85. The van der Waals surface area contributed by atoms with Crippen LogP contribution < -0.4 is 26.2 Å². The predicted molar refractivity (Wildman–Crippen MR) is 225 cm³/mol. The second-order valence-corrected chi connectivity index (χ2v) is 16.5. The molecule has 60 heavy (non-hydrogen) atoms. The standard InChI is InChI=1S/C41H67N4O13P.CH4/c1-6-22-52-28-31-55-25-19-42-37(46)13-16-41(17-14-38(47)43-20-26-56-32-29-53-23-7-2,18-15-39(48)44-21-27-57-33-30-54-24-8-3)45-40(49)35-9-11-36(12-10-35)58-59(50,51)34(4)5;/h1-3,34-36H,9-33H2,4-5H3,(H,42,46)(H,43,47)(H,44,48)(H,45,49)(H,50,51);1H4/p-1. The van der Waals surface area contributed by atoms with Crippen LogP contribution in [0.1, 0.15) is 85.5 Å². The van der Waals surface area contributed by atoms with E-state index in [0.29, 0.717) is 65.3 Å². The highest BCUT2D eigenvalue weighted by atomic mass is 31.2. The lowest BCUT2D eigenvalue weighted by Gasteiger charge is -2.38. The van der Waals surface area contributed by atoms with E-state index in [1.807, 2.05) is 0 Å². The Balaban J connectivity index is 0.0000348. The number of terminal acetylenes is 3. The number of carbonyl (C=O) groups excluding carboxylic acids is 4. The summed E-state index contributed by atoms with van der Waals surface area (Å²) in [5.41, 5.74) is -1.81. The molecule has 1 fully saturated rings. The first kappa shape index (κ1) is 56.5. The van der Waals surface area contributed by atoms with Gasteiger partial charge >= 0.3 is 0 Å². The van der Waals surface area contributed by atoms with Gasteiger partial charge in [-0.1, -0.05) is 39.0 Å².